The number of nitrogens with one attached hydrogen (secondary N) is 1. The Bertz CT molecular complexity index is 1140. The zero-order valence-corrected chi connectivity index (χ0v) is 17.3. The van der Waals surface area contributed by atoms with E-state index in [0.717, 1.165) is 0 Å². The van der Waals surface area contributed by atoms with E-state index in [4.69, 9.17) is 17.3 Å². The van der Waals surface area contributed by atoms with Crippen LogP contribution in [-0.2, 0) is 9.59 Å². The molecule has 0 spiro atoms. The smallest absolute Gasteiger partial charge is 0.255 e. The highest BCUT2D eigenvalue weighted by atomic mass is 35.5. The summed E-state index contributed by atoms with van der Waals surface area (Å²) in [6.07, 6.45) is 0.273. The zero-order valence-electron chi connectivity index (χ0n) is 16.5. The number of primary amides is 1. The van der Waals surface area contributed by atoms with E-state index in [1.807, 2.05) is 6.92 Å². The molecule has 7 nitrogen and oxygen atoms in total. The highest BCUT2D eigenvalue weighted by Crippen LogP contribution is 2.46. The minimum absolute atomic E-state index is 0.0987. The summed E-state index contributed by atoms with van der Waals surface area (Å²) >= 11 is 6.29. The summed E-state index contributed by atoms with van der Waals surface area (Å²) < 4.78 is 13.6. The molecule has 2 heterocycles. The molecule has 1 fully saturated rings. The molecule has 4 rings (SSSR count). The average molecular weight is 444 g/mol. The van der Waals surface area contributed by atoms with Gasteiger partial charge in [0.05, 0.1) is 6.04 Å². The third-order valence-electron chi connectivity index (χ3n) is 5.89. The molecular formula is C22H19ClFN3O4. The first-order valence-electron chi connectivity index (χ1n) is 9.74. The summed E-state index contributed by atoms with van der Waals surface area (Å²) in [5.74, 6) is -2.95. The van der Waals surface area contributed by atoms with Crippen LogP contribution in [0.4, 0.5) is 4.39 Å². The molecule has 0 aromatic heterocycles. The fraction of sp³-hybridized carbons (Fsp3) is 0.273. The quantitative estimate of drug-likeness (QED) is 0.708. The van der Waals surface area contributed by atoms with Crippen molar-refractivity contribution in [3.63, 3.8) is 0 Å². The van der Waals surface area contributed by atoms with Crippen LogP contribution in [0.25, 0.3) is 0 Å². The summed E-state index contributed by atoms with van der Waals surface area (Å²) in [7, 11) is 0. The molecule has 3 atom stereocenters. The Balaban J connectivity index is 1.85. The number of nitrogens with zero attached hydrogens (tertiary/aromatic N) is 1. The van der Waals surface area contributed by atoms with Crippen LogP contribution in [0.15, 0.2) is 36.4 Å². The number of benzene rings is 2. The monoisotopic (exact) mass is 443 g/mol. The number of amides is 4. The van der Waals surface area contributed by atoms with Gasteiger partial charge in [0.15, 0.2) is 0 Å². The van der Waals surface area contributed by atoms with Gasteiger partial charge in [-0.05, 0) is 47.9 Å². The summed E-state index contributed by atoms with van der Waals surface area (Å²) in [6.45, 7) is 1.81. The van der Waals surface area contributed by atoms with Crippen LogP contribution in [0.2, 0.25) is 5.02 Å². The average Bonchev–Trinajstić information content (AvgIpc) is 2.99. The SMILES string of the molecule is C[C@@H](c1ccc(F)cc1Cl)C1c2cc(C(N)=O)ccc2C(=O)N1C1CCC(=O)NC1=O. The third kappa shape index (κ3) is 3.57. The van der Waals surface area contributed by atoms with Gasteiger partial charge < -0.3 is 10.6 Å². The number of carbonyl (C=O) groups excluding carboxylic acids is 4. The van der Waals surface area contributed by atoms with E-state index < -0.39 is 47.4 Å². The largest absolute Gasteiger partial charge is 0.366 e. The van der Waals surface area contributed by atoms with Gasteiger partial charge in [-0.2, -0.15) is 0 Å². The molecule has 0 radical (unpaired) electrons. The lowest BCUT2D eigenvalue weighted by molar-refractivity contribution is -0.137. The van der Waals surface area contributed by atoms with Gasteiger partial charge in [-0.25, -0.2) is 4.39 Å². The molecule has 0 aliphatic carbocycles. The van der Waals surface area contributed by atoms with Crippen molar-refractivity contribution in [2.75, 3.05) is 0 Å². The first kappa shape index (κ1) is 21.0. The lowest BCUT2D eigenvalue weighted by Gasteiger charge is -2.37. The molecule has 4 amide bonds. The van der Waals surface area contributed by atoms with E-state index >= 15 is 0 Å². The van der Waals surface area contributed by atoms with Crippen molar-refractivity contribution in [3.05, 3.63) is 69.5 Å². The second kappa shape index (κ2) is 7.77. The first-order valence-corrected chi connectivity index (χ1v) is 10.1. The molecule has 9 heteroatoms. The maximum absolute atomic E-state index is 13.6. The van der Waals surface area contributed by atoms with Crippen LogP contribution in [0.1, 0.15) is 63.6 Å². The fourth-order valence-corrected chi connectivity index (χ4v) is 4.74. The molecule has 3 N–H and O–H groups in total. The minimum Gasteiger partial charge on any atom is -0.366 e. The molecule has 31 heavy (non-hydrogen) atoms. The Morgan fingerprint density at radius 1 is 1.23 bits per heavy atom. The lowest BCUT2D eigenvalue weighted by Crippen LogP contribution is -2.54. The zero-order chi connectivity index (χ0) is 22.4. The number of imide groups is 1. The number of piperidine rings is 1. The number of halogens is 2. The Morgan fingerprint density at radius 3 is 2.61 bits per heavy atom. The molecule has 1 saturated heterocycles. The highest BCUT2D eigenvalue weighted by Gasteiger charge is 2.47. The fourth-order valence-electron chi connectivity index (χ4n) is 4.40. The van der Waals surface area contributed by atoms with Crippen molar-refractivity contribution < 1.29 is 23.6 Å². The van der Waals surface area contributed by atoms with Crippen LogP contribution in [0, 0.1) is 5.82 Å². The van der Waals surface area contributed by atoms with Crippen molar-refractivity contribution in [2.24, 2.45) is 5.73 Å². The number of hydrogen-bond donors (Lipinski definition) is 2. The van der Waals surface area contributed by atoms with Crippen molar-refractivity contribution >= 4 is 35.2 Å². The maximum atomic E-state index is 13.6. The number of fused-ring (bicyclic) bond motifs is 1. The van der Waals surface area contributed by atoms with Crippen molar-refractivity contribution in [2.45, 2.75) is 37.8 Å². The summed E-state index contributed by atoms with van der Waals surface area (Å²) in [5, 5.41) is 2.46. The third-order valence-corrected chi connectivity index (χ3v) is 6.22. The van der Waals surface area contributed by atoms with E-state index in [-0.39, 0.29) is 23.4 Å². The van der Waals surface area contributed by atoms with Gasteiger partial charge in [0, 0.05) is 28.5 Å². The Kier molecular flexibility index (Phi) is 5.26. The van der Waals surface area contributed by atoms with E-state index in [9.17, 15) is 23.6 Å². The van der Waals surface area contributed by atoms with E-state index in [1.165, 1.54) is 35.2 Å². The molecule has 2 aromatic carbocycles. The van der Waals surface area contributed by atoms with Crippen molar-refractivity contribution in [1.82, 2.24) is 10.2 Å². The van der Waals surface area contributed by atoms with Crippen LogP contribution >= 0.6 is 11.6 Å². The Hall–Kier alpha value is -3.26. The van der Waals surface area contributed by atoms with Crippen LogP contribution in [-0.4, -0.2) is 34.6 Å². The molecule has 2 aromatic rings. The molecule has 0 bridgehead atoms. The molecule has 2 aliphatic rings. The topological polar surface area (TPSA) is 110 Å². The van der Waals surface area contributed by atoms with Crippen LogP contribution in [0.3, 0.4) is 0 Å². The summed E-state index contributed by atoms with van der Waals surface area (Å²) in [5.41, 5.74) is 7.09. The van der Waals surface area contributed by atoms with Gasteiger partial charge in [0.2, 0.25) is 17.7 Å². The molecule has 160 valence electrons. The predicted molar refractivity (Wildman–Crippen MR) is 110 cm³/mol. The van der Waals surface area contributed by atoms with Crippen molar-refractivity contribution in [1.29, 1.82) is 0 Å². The van der Waals surface area contributed by atoms with E-state index in [1.54, 1.807) is 6.07 Å². The van der Waals surface area contributed by atoms with Gasteiger partial charge in [-0.15, -0.1) is 0 Å². The molecule has 2 aliphatic heterocycles. The van der Waals surface area contributed by atoms with Gasteiger partial charge in [0.1, 0.15) is 11.9 Å². The van der Waals surface area contributed by atoms with E-state index in [2.05, 4.69) is 5.32 Å². The Morgan fingerprint density at radius 2 is 1.97 bits per heavy atom. The first-order chi connectivity index (χ1) is 14.7. The van der Waals surface area contributed by atoms with Gasteiger partial charge in [-0.3, -0.25) is 24.5 Å². The van der Waals surface area contributed by atoms with Gasteiger partial charge >= 0.3 is 0 Å². The predicted octanol–water partition coefficient (Wildman–Crippen LogP) is 2.68. The Labute approximate surface area is 182 Å². The molecule has 0 saturated carbocycles. The normalized spacial score (nSPS) is 21.6. The number of rotatable bonds is 4. The highest BCUT2D eigenvalue weighted by molar-refractivity contribution is 6.31. The number of nitrogens with two attached hydrogens (primary N) is 1. The minimum atomic E-state index is -0.874. The maximum Gasteiger partial charge on any atom is 0.255 e. The van der Waals surface area contributed by atoms with E-state index in [0.29, 0.717) is 16.7 Å². The summed E-state index contributed by atoms with van der Waals surface area (Å²) in [4.78, 5) is 50.8. The molecular weight excluding hydrogens is 425 g/mol. The molecule has 2 unspecified atom stereocenters. The number of hydrogen-bond acceptors (Lipinski definition) is 4. The van der Waals surface area contributed by atoms with Crippen LogP contribution in [0.5, 0.6) is 0 Å². The number of carbonyl (C=O) groups is 4. The second-order valence-electron chi connectivity index (χ2n) is 7.74. The standard InChI is InChI=1S/C22H19ClFN3O4/c1-10(13-5-3-12(24)9-16(13)23)19-15-8-11(20(25)29)2-4-14(15)22(31)27(19)17-6-7-18(28)26-21(17)30/h2-5,8-10,17,19H,6-7H2,1H3,(H2,25,29)(H,26,28,30)/t10-,17?,19?/m0/s1. The summed E-state index contributed by atoms with van der Waals surface area (Å²) in [6, 6.07) is 6.95. The van der Waals surface area contributed by atoms with Gasteiger partial charge in [0.25, 0.3) is 5.91 Å². The lowest BCUT2D eigenvalue weighted by atomic mass is 9.86. The van der Waals surface area contributed by atoms with Gasteiger partial charge in [-0.1, -0.05) is 24.6 Å². The second-order valence-corrected chi connectivity index (χ2v) is 8.15. The van der Waals surface area contributed by atoms with Crippen molar-refractivity contribution in [3.8, 4) is 0 Å². The van der Waals surface area contributed by atoms with Crippen LogP contribution < -0.4 is 11.1 Å².